The topological polar surface area (TPSA) is 37.8 Å². The third-order valence-corrected chi connectivity index (χ3v) is 4.70. The first-order valence-electron chi connectivity index (χ1n) is 7.65. The van der Waals surface area contributed by atoms with Crippen molar-refractivity contribution in [3.05, 3.63) is 35.7 Å². The number of aromatic nitrogens is 1. The van der Waals surface area contributed by atoms with Crippen LogP contribution in [0.25, 0.3) is 0 Å². The highest BCUT2D eigenvalue weighted by molar-refractivity contribution is 7.03. The number of fused-ring (bicyclic) bond motifs is 1. The first-order chi connectivity index (χ1) is 10.9. The predicted molar refractivity (Wildman–Crippen MR) is 87.1 cm³/mol. The molecule has 2 aliphatic rings. The first kappa shape index (κ1) is 13.8. The van der Waals surface area contributed by atoms with Gasteiger partial charge in [-0.3, -0.25) is 4.90 Å². The average Bonchev–Trinajstić information content (AvgIpc) is 3.10. The lowest BCUT2D eigenvalue weighted by atomic mass is 10.2. The molecule has 0 radical (unpaired) electrons. The Balaban J connectivity index is 1.31. The van der Waals surface area contributed by atoms with E-state index in [0.29, 0.717) is 6.61 Å². The Kier molecular flexibility index (Phi) is 3.86. The molecule has 5 nitrogen and oxygen atoms in total. The van der Waals surface area contributed by atoms with Crippen molar-refractivity contribution in [2.75, 3.05) is 44.2 Å². The van der Waals surface area contributed by atoms with Crippen molar-refractivity contribution in [2.45, 2.75) is 6.10 Å². The van der Waals surface area contributed by atoms with Crippen LogP contribution < -0.4 is 14.4 Å². The Morgan fingerprint density at radius 3 is 2.68 bits per heavy atom. The maximum absolute atomic E-state index is 6.04. The quantitative estimate of drug-likeness (QED) is 0.867. The third kappa shape index (κ3) is 2.89. The van der Waals surface area contributed by atoms with Crippen molar-refractivity contribution in [3.63, 3.8) is 0 Å². The van der Waals surface area contributed by atoms with Gasteiger partial charge in [-0.1, -0.05) is 12.1 Å². The van der Waals surface area contributed by atoms with Gasteiger partial charge < -0.3 is 14.4 Å². The number of hydrogen-bond donors (Lipinski definition) is 0. The van der Waals surface area contributed by atoms with E-state index in [9.17, 15) is 0 Å². The molecule has 3 heterocycles. The van der Waals surface area contributed by atoms with E-state index in [1.54, 1.807) is 0 Å². The van der Waals surface area contributed by atoms with E-state index in [-0.39, 0.29) is 6.10 Å². The Hall–Kier alpha value is -1.79. The number of rotatable bonds is 3. The smallest absolute Gasteiger partial charge is 0.161 e. The van der Waals surface area contributed by atoms with Gasteiger partial charge in [-0.15, -0.1) is 0 Å². The van der Waals surface area contributed by atoms with Crippen LogP contribution in [0, 0.1) is 0 Å². The summed E-state index contributed by atoms with van der Waals surface area (Å²) in [7, 11) is 0. The zero-order valence-electron chi connectivity index (χ0n) is 12.4. The minimum atomic E-state index is 0.112. The number of ether oxygens (including phenoxy) is 2. The summed E-state index contributed by atoms with van der Waals surface area (Å²) in [5, 5.41) is 2.03. The maximum atomic E-state index is 6.04. The second kappa shape index (κ2) is 6.14. The molecular formula is C16H19N3O2S. The van der Waals surface area contributed by atoms with Crippen molar-refractivity contribution in [2.24, 2.45) is 0 Å². The van der Waals surface area contributed by atoms with Gasteiger partial charge in [-0.25, -0.2) is 0 Å². The summed E-state index contributed by atoms with van der Waals surface area (Å²) < 4.78 is 16.2. The molecule has 116 valence electrons. The summed E-state index contributed by atoms with van der Waals surface area (Å²) in [6.45, 7) is 5.67. The maximum Gasteiger partial charge on any atom is 0.161 e. The van der Waals surface area contributed by atoms with E-state index < -0.39 is 0 Å². The van der Waals surface area contributed by atoms with Crippen molar-refractivity contribution in [1.82, 2.24) is 9.27 Å². The van der Waals surface area contributed by atoms with Gasteiger partial charge >= 0.3 is 0 Å². The van der Waals surface area contributed by atoms with Gasteiger partial charge in [0.25, 0.3) is 0 Å². The molecule has 4 rings (SSSR count). The van der Waals surface area contributed by atoms with E-state index in [0.717, 1.165) is 50.0 Å². The van der Waals surface area contributed by atoms with Gasteiger partial charge in [0.05, 0.1) is 0 Å². The van der Waals surface area contributed by atoms with Crippen LogP contribution in [0.3, 0.4) is 0 Å². The molecule has 1 saturated heterocycles. The SMILES string of the molecule is c1ccc2c(c1)OC[C@H](CN1CCN(c3ccsn3)CC1)O2. The zero-order valence-corrected chi connectivity index (χ0v) is 13.2. The average molecular weight is 317 g/mol. The number of piperazine rings is 1. The summed E-state index contributed by atoms with van der Waals surface area (Å²) in [6, 6.07) is 9.98. The highest BCUT2D eigenvalue weighted by Crippen LogP contribution is 2.31. The molecule has 1 fully saturated rings. The van der Waals surface area contributed by atoms with E-state index >= 15 is 0 Å². The van der Waals surface area contributed by atoms with Crippen molar-refractivity contribution >= 4 is 17.4 Å². The molecule has 0 amide bonds. The van der Waals surface area contributed by atoms with Gasteiger partial charge in [0.15, 0.2) is 11.5 Å². The van der Waals surface area contributed by atoms with Gasteiger partial charge in [0, 0.05) is 38.1 Å². The van der Waals surface area contributed by atoms with E-state index in [1.807, 2.05) is 29.6 Å². The van der Waals surface area contributed by atoms with Crippen molar-refractivity contribution in [1.29, 1.82) is 0 Å². The highest BCUT2D eigenvalue weighted by Gasteiger charge is 2.25. The molecule has 0 saturated carbocycles. The molecule has 1 aromatic heterocycles. The zero-order chi connectivity index (χ0) is 14.8. The second-order valence-corrected chi connectivity index (χ2v) is 6.31. The van der Waals surface area contributed by atoms with E-state index in [1.165, 1.54) is 11.5 Å². The minimum Gasteiger partial charge on any atom is -0.486 e. The van der Waals surface area contributed by atoms with Gasteiger partial charge in [-0.2, -0.15) is 4.37 Å². The first-order valence-corrected chi connectivity index (χ1v) is 8.48. The molecule has 0 aliphatic carbocycles. The molecule has 22 heavy (non-hydrogen) atoms. The molecule has 2 aromatic rings. The minimum absolute atomic E-state index is 0.112. The molecule has 0 bridgehead atoms. The van der Waals surface area contributed by atoms with Gasteiger partial charge in [0.1, 0.15) is 18.5 Å². The standard InChI is InChI=1S/C16H19N3O2S/c1-2-4-15-14(3-1)20-12-13(21-15)11-18-6-8-19(9-7-18)16-5-10-22-17-16/h1-5,10,13H,6-9,11-12H2/t13-/m0/s1. The van der Waals surface area contributed by atoms with Gasteiger partial charge in [0.2, 0.25) is 0 Å². The fourth-order valence-corrected chi connectivity index (χ4v) is 3.50. The van der Waals surface area contributed by atoms with Crippen molar-refractivity contribution < 1.29 is 9.47 Å². The van der Waals surface area contributed by atoms with E-state index in [2.05, 4.69) is 20.2 Å². The van der Waals surface area contributed by atoms with Crippen LogP contribution >= 0.6 is 11.5 Å². The summed E-state index contributed by atoms with van der Waals surface area (Å²) >= 11 is 1.51. The molecule has 0 spiro atoms. The fourth-order valence-electron chi connectivity index (χ4n) is 2.97. The monoisotopic (exact) mass is 317 g/mol. The number of benzene rings is 1. The summed E-state index contributed by atoms with van der Waals surface area (Å²) in [6.07, 6.45) is 0.112. The van der Waals surface area contributed by atoms with Crippen LogP contribution in [-0.4, -0.2) is 54.7 Å². The summed E-state index contributed by atoms with van der Waals surface area (Å²) in [4.78, 5) is 4.80. The van der Waals surface area contributed by atoms with Crippen LogP contribution in [0.4, 0.5) is 5.82 Å². The molecular weight excluding hydrogens is 298 g/mol. The summed E-state index contributed by atoms with van der Waals surface area (Å²) in [5.41, 5.74) is 0. The number of anilines is 1. The summed E-state index contributed by atoms with van der Waals surface area (Å²) in [5.74, 6) is 2.82. The Morgan fingerprint density at radius 1 is 1.09 bits per heavy atom. The highest BCUT2D eigenvalue weighted by atomic mass is 32.1. The largest absolute Gasteiger partial charge is 0.486 e. The fraction of sp³-hybridized carbons (Fsp3) is 0.438. The Morgan fingerprint density at radius 2 is 1.91 bits per heavy atom. The molecule has 1 aromatic carbocycles. The van der Waals surface area contributed by atoms with Crippen LogP contribution in [0.1, 0.15) is 0 Å². The lowest BCUT2D eigenvalue weighted by Gasteiger charge is -2.37. The predicted octanol–water partition coefficient (Wildman–Crippen LogP) is 2.11. The number of hydrogen-bond acceptors (Lipinski definition) is 6. The normalized spacial score (nSPS) is 21.8. The van der Waals surface area contributed by atoms with E-state index in [4.69, 9.17) is 9.47 Å². The van der Waals surface area contributed by atoms with Crippen LogP contribution in [-0.2, 0) is 0 Å². The van der Waals surface area contributed by atoms with Crippen molar-refractivity contribution in [3.8, 4) is 11.5 Å². The molecule has 0 N–H and O–H groups in total. The molecule has 6 heteroatoms. The van der Waals surface area contributed by atoms with Gasteiger partial charge in [-0.05, 0) is 29.7 Å². The van der Waals surface area contributed by atoms with Crippen LogP contribution in [0.5, 0.6) is 11.5 Å². The lowest BCUT2D eigenvalue weighted by Crippen LogP contribution is -2.50. The second-order valence-electron chi connectivity index (χ2n) is 5.64. The van der Waals surface area contributed by atoms with Crippen LogP contribution in [0.15, 0.2) is 35.7 Å². The molecule has 1 atom stereocenters. The Labute approximate surface area is 134 Å². The molecule has 0 unspecified atom stereocenters. The number of nitrogens with zero attached hydrogens (tertiary/aromatic N) is 3. The molecule has 2 aliphatic heterocycles. The van der Waals surface area contributed by atoms with Crippen LogP contribution in [0.2, 0.25) is 0 Å². The number of para-hydroxylation sites is 2. The Bertz CT molecular complexity index is 612. The lowest BCUT2D eigenvalue weighted by molar-refractivity contribution is 0.0571. The third-order valence-electron chi connectivity index (χ3n) is 4.15.